The van der Waals surface area contributed by atoms with E-state index in [2.05, 4.69) is 4.74 Å². The number of hydrogen-bond acceptors (Lipinski definition) is 4. The fourth-order valence-corrected chi connectivity index (χ4v) is 1.69. The van der Waals surface area contributed by atoms with Crippen LogP contribution in [0, 0.1) is 5.92 Å². The van der Waals surface area contributed by atoms with E-state index in [4.69, 9.17) is 5.73 Å². The SMILES string of the molecule is COC(=O)[C@@H](N)C[C@@H]1CCCC1=O. The van der Waals surface area contributed by atoms with Gasteiger partial charge < -0.3 is 10.5 Å². The normalized spacial score (nSPS) is 24.5. The van der Waals surface area contributed by atoms with Gasteiger partial charge in [0, 0.05) is 12.3 Å². The van der Waals surface area contributed by atoms with Gasteiger partial charge in [-0.15, -0.1) is 0 Å². The monoisotopic (exact) mass is 185 g/mol. The number of ketones is 1. The van der Waals surface area contributed by atoms with Crippen LogP contribution < -0.4 is 5.73 Å². The van der Waals surface area contributed by atoms with E-state index in [1.54, 1.807) is 0 Å². The van der Waals surface area contributed by atoms with Crippen molar-refractivity contribution in [2.75, 3.05) is 7.11 Å². The summed E-state index contributed by atoms with van der Waals surface area (Å²) in [6.07, 6.45) is 2.87. The molecule has 1 saturated carbocycles. The fraction of sp³-hybridized carbons (Fsp3) is 0.778. The zero-order chi connectivity index (χ0) is 9.84. The molecule has 0 aliphatic heterocycles. The van der Waals surface area contributed by atoms with E-state index < -0.39 is 12.0 Å². The maximum atomic E-state index is 11.2. The summed E-state index contributed by atoms with van der Waals surface area (Å²) in [7, 11) is 1.30. The van der Waals surface area contributed by atoms with Gasteiger partial charge in [-0.2, -0.15) is 0 Å². The van der Waals surface area contributed by atoms with Crippen LogP contribution in [0.4, 0.5) is 0 Å². The summed E-state index contributed by atoms with van der Waals surface area (Å²) < 4.78 is 4.48. The molecular formula is C9H15NO3. The Morgan fingerprint density at radius 1 is 1.77 bits per heavy atom. The smallest absolute Gasteiger partial charge is 0.322 e. The number of nitrogens with two attached hydrogens (primary N) is 1. The molecular weight excluding hydrogens is 170 g/mol. The quantitative estimate of drug-likeness (QED) is 0.640. The Morgan fingerprint density at radius 2 is 2.46 bits per heavy atom. The van der Waals surface area contributed by atoms with E-state index in [-0.39, 0.29) is 11.7 Å². The van der Waals surface area contributed by atoms with Crippen LogP contribution in [0.25, 0.3) is 0 Å². The van der Waals surface area contributed by atoms with Crippen LogP contribution >= 0.6 is 0 Å². The minimum atomic E-state index is -0.642. The molecule has 1 rings (SSSR count). The molecule has 0 heterocycles. The number of carbonyl (C=O) groups is 2. The van der Waals surface area contributed by atoms with Crippen molar-refractivity contribution >= 4 is 11.8 Å². The molecule has 0 spiro atoms. The summed E-state index contributed by atoms with van der Waals surface area (Å²) in [5.41, 5.74) is 5.54. The second-order valence-corrected chi connectivity index (χ2v) is 3.42. The summed E-state index contributed by atoms with van der Waals surface area (Å²) in [5, 5.41) is 0. The molecule has 0 bridgehead atoms. The van der Waals surface area contributed by atoms with Crippen LogP contribution in [0.15, 0.2) is 0 Å². The second kappa shape index (κ2) is 4.37. The van der Waals surface area contributed by atoms with Gasteiger partial charge in [0.15, 0.2) is 0 Å². The Hall–Kier alpha value is -0.900. The number of rotatable bonds is 3. The summed E-state index contributed by atoms with van der Waals surface area (Å²) in [4.78, 5) is 22.2. The van der Waals surface area contributed by atoms with Crippen molar-refractivity contribution in [1.29, 1.82) is 0 Å². The minimum Gasteiger partial charge on any atom is -0.468 e. The number of ether oxygens (including phenoxy) is 1. The first kappa shape index (κ1) is 10.2. The number of carbonyl (C=O) groups excluding carboxylic acids is 2. The van der Waals surface area contributed by atoms with Gasteiger partial charge in [0.05, 0.1) is 7.11 Å². The lowest BCUT2D eigenvalue weighted by Gasteiger charge is -2.12. The highest BCUT2D eigenvalue weighted by atomic mass is 16.5. The molecule has 13 heavy (non-hydrogen) atoms. The zero-order valence-electron chi connectivity index (χ0n) is 7.79. The van der Waals surface area contributed by atoms with E-state index in [0.717, 1.165) is 12.8 Å². The van der Waals surface area contributed by atoms with Crippen LogP contribution in [-0.4, -0.2) is 24.9 Å². The Balaban J connectivity index is 2.39. The molecule has 0 aromatic rings. The lowest BCUT2D eigenvalue weighted by Crippen LogP contribution is -2.34. The fourth-order valence-electron chi connectivity index (χ4n) is 1.69. The van der Waals surface area contributed by atoms with Crippen molar-refractivity contribution < 1.29 is 14.3 Å². The van der Waals surface area contributed by atoms with Gasteiger partial charge in [-0.3, -0.25) is 9.59 Å². The zero-order valence-corrected chi connectivity index (χ0v) is 7.79. The highest BCUT2D eigenvalue weighted by Gasteiger charge is 2.28. The molecule has 4 nitrogen and oxygen atoms in total. The van der Waals surface area contributed by atoms with Crippen molar-refractivity contribution in [2.24, 2.45) is 11.7 Å². The first-order valence-corrected chi connectivity index (χ1v) is 4.51. The van der Waals surface area contributed by atoms with E-state index in [1.165, 1.54) is 7.11 Å². The molecule has 1 aliphatic carbocycles. The van der Waals surface area contributed by atoms with Crippen molar-refractivity contribution in [3.8, 4) is 0 Å². The third-order valence-corrected chi connectivity index (χ3v) is 2.47. The van der Waals surface area contributed by atoms with Crippen molar-refractivity contribution in [3.05, 3.63) is 0 Å². The molecule has 0 unspecified atom stereocenters. The number of methoxy groups -OCH3 is 1. The van der Waals surface area contributed by atoms with Crippen LogP contribution in [0.1, 0.15) is 25.7 Å². The summed E-state index contributed by atoms with van der Waals surface area (Å²) in [6.45, 7) is 0. The van der Waals surface area contributed by atoms with Crippen LogP contribution in [-0.2, 0) is 14.3 Å². The summed E-state index contributed by atoms with van der Waals surface area (Å²) >= 11 is 0. The topological polar surface area (TPSA) is 69.4 Å². The van der Waals surface area contributed by atoms with E-state index in [0.29, 0.717) is 12.8 Å². The highest BCUT2D eigenvalue weighted by molar-refractivity contribution is 5.84. The van der Waals surface area contributed by atoms with E-state index in [1.807, 2.05) is 0 Å². The predicted octanol–water partition coefficient (Wildman–Crippen LogP) is 0.246. The first-order valence-electron chi connectivity index (χ1n) is 4.51. The Bertz CT molecular complexity index is 215. The molecule has 0 aromatic carbocycles. The van der Waals surface area contributed by atoms with Crippen LogP contribution in [0.5, 0.6) is 0 Å². The van der Waals surface area contributed by atoms with Gasteiger partial charge in [0.25, 0.3) is 0 Å². The molecule has 1 fully saturated rings. The average Bonchev–Trinajstić information content (AvgIpc) is 2.50. The molecule has 0 amide bonds. The van der Waals surface area contributed by atoms with Crippen molar-refractivity contribution in [2.45, 2.75) is 31.7 Å². The van der Waals surface area contributed by atoms with Crippen molar-refractivity contribution in [3.63, 3.8) is 0 Å². The maximum Gasteiger partial charge on any atom is 0.322 e. The van der Waals surface area contributed by atoms with Gasteiger partial charge in [0.1, 0.15) is 11.8 Å². The number of Topliss-reactive ketones (excluding diaryl/α,β-unsaturated/α-hetero) is 1. The molecule has 0 aromatic heterocycles. The van der Waals surface area contributed by atoms with Gasteiger partial charge >= 0.3 is 5.97 Å². The standard InChI is InChI=1S/C9H15NO3/c1-13-9(12)7(10)5-6-3-2-4-8(6)11/h6-7H,2-5,10H2,1H3/t6-,7-/m0/s1. The molecule has 2 N–H and O–H groups in total. The number of esters is 1. The van der Waals surface area contributed by atoms with E-state index >= 15 is 0 Å². The van der Waals surface area contributed by atoms with Gasteiger partial charge in [-0.05, 0) is 19.3 Å². The third-order valence-electron chi connectivity index (χ3n) is 2.47. The molecule has 0 saturated heterocycles. The van der Waals surface area contributed by atoms with Gasteiger partial charge in [0.2, 0.25) is 0 Å². The second-order valence-electron chi connectivity index (χ2n) is 3.42. The Labute approximate surface area is 77.4 Å². The summed E-state index contributed by atoms with van der Waals surface area (Å²) in [5.74, 6) is -0.215. The van der Waals surface area contributed by atoms with Crippen molar-refractivity contribution in [1.82, 2.24) is 0 Å². The molecule has 74 valence electrons. The molecule has 1 aliphatic rings. The molecule has 0 radical (unpaired) electrons. The summed E-state index contributed by atoms with van der Waals surface area (Å²) in [6, 6.07) is -0.642. The lowest BCUT2D eigenvalue weighted by molar-refractivity contribution is -0.142. The Morgan fingerprint density at radius 3 is 2.92 bits per heavy atom. The van der Waals surface area contributed by atoms with Crippen LogP contribution in [0.2, 0.25) is 0 Å². The Kier molecular flexibility index (Phi) is 3.42. The molecule has 4 heteroatoms. The van der Waals surface area contributed by atoms with Gasteiger partial charge in [-0.25, -0.2) is 0 Å². The molecule has 2 atom stereocenters. The number of hydrogen-bond donors (Lipinski definition) is 1. The van der Waals surface area contributed by atoms with Crippen LogP contribution in [0.3, 0.4) is 0 Å². The van der Waals surface area contributed by atoms with E-state index in [9.17, 15) is 9.59 Å². The maximum absolute atomic E-state index is 11.2. The first-order chi connectivity index (χ1) is 6.15. The van der Waals surface area contributed by atoms with Gasteiger partial charge in [-0.1, -0.05) is 0 Å². The average molecular weight is 185 g/mol. The lowest BCUT2D eigenvalue weighted by atomic mass is 9.98. The minimum absolute atomic E-state index is 0.0194. The highest BCUT2D eigenvalue weighted by Crippen LogP contribution is 2.25. The largest absolute Gasteiger partial charge is 0.468 e. The third kappa shape index (κ3) is 2.52. The predicted molar refractivity (Wildman–Crippen MR) is 47.0 cm³/mol.